The van der Waals surface area contributed by atoms with Gasteiger partial charge in [-0.05, 0) is 17.7 Å². The van der Waals surface area contributed by atoms with Crippen molar-refractivity contribution in [2.45, 2.75) is 6.54 Å². The minimum Gasteiger partial charge on any atom is -0.296 e. The molecule has 88 valence electrons. The van der Waals surface area contributed by atoms with E-state index < -0.39 is 0 Å². The summed E-state index contributed by atoms with van der Waals surface area (Å²) in [4.78, 5) is 2.35. The second kappa shape index (κ2) is 5.34. The van der Waals surface area contributed by atoms with E-state index >= 15 is 0 Å². The van der Waals surface area contributed by atoms with Gasteiger partial charge < -0.3 is 0 Å². The average Bonchev–Trinajstić information content (AvgIpc) is 2.25. The fraction of sp³-hybridized carbons (Fsp3) is 0.455. The van der Waals surface area contributed by atoms with Crippen LogP contribution in [0.25, 0.3) is 0 Å². The number of rotatable bonds is 2. The highest BCUT2D eigenvalue weighted by atomic mass is 35.5. The van der Waals surface area contributed by atoms with Crippen molar-refractivity contribution < 1.29 is 0 Å². The van der Waals surface area contributed by atoms with Crippen molar-refractivity contribution in [2.24, 2.45) is 5.84 Å². The molecular weight excluding hydrogens is 245 g/mol. The van der Waals surface area contributed by atoms with E-state index in [4.69, 9.17) is 29.0 Å². The predicted molar refractivity (Wildman–Crippen MR) is 67.5 cm³/mol. The van der Waals surface area contributed by atoms with E-state index in [2.05, 4.69) is 4.90 Å². The maximum Gasteiger partial charge on any atom is 0.0465 e. The number of nitrogens with zero attached hydrogens (tertiary/aromatic N) is 2. The lowest BCUT2D eigenvalue weighted by molar-refractivity contribution is 0.128. The van der Waals surface area contributed by atoms with Crippen LogP contribution in [0.5, 0.6) is 0 Å². The van der Waals surface area contributed by atoms with Crippen LogP contribution in [0.3, 0.4) is 0 Å². The van der Waals surface area contributed by atoms with Crippen molar-refractivity contribution in [1.82, 2.24) is 9.91 Å². The van der Waals surface area contributed by atoms with Gasteiger partial charge in [0.25, 0.3) is 0 Å². The summed E-state index contributed by atoms with van der Waals surface area (Å²) in [6, 6.07) is 5.65. The number of benzene rings is 1. The van der Waals surface area contributed by atoms with Crippen LogP contribution < -0.4 is 5.84 Å². The topological polar surface area (TPSA) is 32.5 Å². The third-order valence-corrected chi connectivity index (χ3v) is 3.40. The lowest BCUT2D eigenvalue weighted by Gasteiger charge is -2.32. The van der Waals surface area contributed by atoms with Crippen LogP contribution in [-0.4, -0.2) is 36.1 Å². The Balaban J connectivity index is 1.98. The van der Waals surface area contributed by atoms with Gasteiger partial charge in [-0.2, -0.15) is 0 Å². The van der Waals surface area contributed by atoms with Crippen LogP contribution in [0.2, 0.25) is 10.0 Å². The van der Waals surface area contributed by atoms with Crippen molar-refractivity contribution in [2.75, 3.05) is 26.2 Å². The Hall–Kier alpha value is -0.320. The molecule has 1 saturated heterocycles. The first-order valence-electron chi connectivity index (χ1n) is 5.31. The molecule has 0 spiro atoms. The van der Waals surface area contributed by atoms with Crippen LogP contribution in [0.1, 0.15) is 5.56 Å². The molecule has 0 amide bonds. The standard InChI is InChI=1S/C11H15Cl2N3/c12-10-2-1-9(11(13)7-10)8-15-3-5-16(14)6-4-15/h1-2,7H,3-6,8,14H2. The molecular formula is C11H15Cl2N3. The molecule has 0 unspecified atom stereocenters. The Morgan fingerprint density at radius 3 is 2.44 bits per heavy atom. The molecule has 0 aliphatic carbocycles. The van der Waals surface area contributed by atoms with Gasteiger partial charge in [0.1, 0.15) is 0 Å². The maximum atomic E-state index is 6.13. The summed E-state index contributed by atoms with van der Waals surface area (Å²) in [7, 11) is 0. The third-order valence-electron chi connectivity index (χ3n) is 2.82. The summed E-state index contributed by atoms with van der Waals surface area (Å²) in [5.74, 6) is 5.70. The van der Waals surface area contributed by atoms with Gasteiger partial charge in [0.05, 0.1) is 0 Å². The molecule has 5 heteroatoms. The summed E-state index contributed by atoms with van der Waals surface area (Å²) in [6.07, 6.45) is 0. The molecule has 16 heavy (non-hydrogen) atoms. The van der Waals surface area contributed by atoms with Gasteiger partial charge in [-0.3, -0.25) is 10.7 Å². The minimum atomic E-state index is 0.681. The van der Waals surface area contributed by atoms with Gasteiger partial charge in [0.15, 0.2) is 0 Å². The summed E-state index contributed by atoms with van der Waals surface area (Å²) in [6.45, 7) is 4.64. The summed E-state index contributed by atoms with van der Waals surface area (Å²) < 4.78 is 0. The summed E-state index contributed by atoms with van der Waals surface area (Å²) >= 11 is 12.0. The molecule has 3 nitrogen and oxygen atoms in total. The Kier molecular flexibility index (Phi) is 4.05. The number of hydrogen-bond donors (Lipinski definition) is 1. The molecule has 1 aromatic rings. The highest BCUT2D eigenvalue weighted by Crippen LogP contribution is 2.22. The van der Waals surface area contributed by atoms with Crippen LogP contribution in [0.15, 0.2) is 18.2 Å². The lowest BCUT2D eigenvalue weighted by atomic mass is 10.2. The molecule has 1 aliphatic rings. The second-order valence-electron chi connectivity index (χ2n) is 4.05. The zero-order chi connectivity index (χ0) is 11.5. The fourth-order valence-electron chi connectivity index (χ4n) is 1.81. The molecule has 1 fully saturated rings. The quantitative estimate of drug-likeness (QED) is 0.825. The summed E-state index contributed by atoms with van der Waals surface area (Å²) in [5, 5.41) is 3.27. The van der Waals surface area contributed by atoms with E-state index in [1.54, 1.807) is 6.07 Å². The van der Waals surface area contributed by atoms with Gasteiger partial charge in [-0.25, -0.2) is 5.01 Å². The molecule has 0 saturated carbocycles. The maximum absolute atomic E-state index is 6.13. The molecule has 2 rings (SSSR count). The average molecular weight is 260 g/mol. The minimum absolute atomic E-state index is 0.681. The summed E-state index contributed by atoms with van der Waals surface area (Å²) in [5.41, 5.74) is 1.12. The molecule has 0 aromatic heterocycles. The van der Waals surface area contributed by atoms with Crippen LogP contribution in [0.4, 0.5) is 0 Å². The van der Waals surface area contributed by atoms with E-state index in [1.807, 2.05) is 17.1 Å². The number of halogens is 2. The van der Waals surface area contributed by atoms with Crippen molar-refractivity contribution in [3.05, 3.63) is 33.8 Å². The van der Waals surface area contributed by atoms with E-state index in [0.29, 0.717) is 5.02 Å². The first-order chi connectivity index (χ1) is 7.65. The molecule has 0 atom stereocenters. The van der Waals surface area contributed by atoms with Gasteiger partial charge >= 0.3 is 0 Å². The van der Waals surface area contributed by atoms with E-state index in [-0.39, 0.29) is 0 Å². The van der Waals surface area contributed by atoms with Crippen molar-refractivity contribution in [3.63, 3.8) is 0 Å². The second-order valence-corrected chi connectivity index (χ2v) is 4.89. The molecule has 0 radical (unpaired) electrons. The molecule has 0 bridgehead atoms. The van der Waals surface area contributed by atoms with E-state index in [1.165, 1.54) is 0 Å². The lowest BCUT2D eigenvalue weighted by Crippen LogP contribution is -2.48. The van der Waals surface area contributed by atoms with Gasteiger partial charge in [-0.1, -0.05) is 29.3 Å². The van der Waals surface area contributed by atoms with Crippen molar-refractivity contribution >= 4 is 23.2 Å². The number of nitrogens with two attached hydrogens (primary N) is 1. The molecule has 1 aliphatic heterocycles. The van der Waals surface area contributed by atoms with Crippen LogP contribution in [0, 0.1) is 0 Å². The molecule has 1 aromatic carbocycles. The smallest absolute Gasteiger partial charge is 0.0465 e. The Bertz CT molecular complexity index is 362. The van der Waals surface area contributed by atoms with Gasteiger partial charge in [-0.15, -0.1) is 0 Å². The Morgan fingerprint density at radius 1 is 1.12 bits per heavy atom. The first-order valence-corrected chi connectivity index (χ1v) is 6.06. The zero-order valence-electron chi connectivity index (χ0n) is 9.00. The van der Waals surface area contributed by atoms with Crippen molar-refractivity contribution in [1.29, 1.82) is 0 Å². The predicted octanol–water partition coefficient (Wildman–Crippen LogP) is 1.98. The third kappa shape index (κ3) is 3.09. The largest absolute Gasteiger partial charge is 0.296 e. The highest BCUT2D eigenvalue weighted by Gasteiger charge is 2.15. The monoisotopic (exact) mass is 259 g/mol. The van der Waals surface area contributed by atoms with Gasteiger partial charge in [0.2, 0.25) is 0 Å². The Morgan fingerprint density at radius 2 is 1.81 bits per heavy atom. The van der Waals surface area contributed by atoms with Crippen LogP contribution >= 0.6 is 23.2 Å². The zero-order valence-corrected chi connectivity index (χ0v) is 10.5. The number of hydrogen-bond acceptors (Lipinski definition) is 3. The van der Waals surface area contributed by atoms with Crippen LogP contribution in [-0.2, 0) is 6.54 Å². The Labute approximate surface area is 106 Å². The fourth-order valence-corrected chi connectivity index (χ4v) is 2.28. The molecule has 1 heterocycles. The van der Waals surface area contributed by atoms with Gasteiger partial charge in [0, 0.05) is 42.8 Å². The SMILES string of the molecule is NN1CCN(Cc2ccc(Cl)cc2Cl)CC1. The number of piperazine rings is 1. The van der Waals surface area contributed by atoms with E-state index in [9.17, 15) is 0 Å². The highest BCUT2D eigenvalue weighted by molar-refractivity contribution is 6.35. The van der Waals surface area contributed by atoms with Crippen molar-refractivity contribution in [3.8, 4) is 0 Å². The molecule has 2 N–H and O–H groups in total. The normalized spacial score (nSPS) is 18.9. The first kappa shape index (κ1) is 12.1. The van der Waals surface area contributed by atoms with E-state index in [0.717, 1.165) is 43.3 Å². The number of hydrazine groups is 1.